The fraction of sp³-hybridized carbons (Fsp3) is 0.111. The first-order chi connectivity index (χ1) is 12.5. The van der Waals surface area contributed by atoms with Gasteiger partial charge in [-0.25, -0.2) is 4.98 Å². The Balaban J connectivity index is 1.54. The molecule has 1 heterocycles. The standard InChI is InChI=1S/C18H13BrCl2N2O2S/c19-12-2-5-14(6-3-12)25-10-17(24)23-18-22-9-15(26-18)7-11-1-4-13(20)8-16(11)21/h1-6,8-9H,7,10H2,(H,22,23,24). The number of amides is 1. The summed E-state index contributed by atoms with van der Waals surface area (Å²) in [7, 11) is 0. The van der Waals surface area contributed by atoms with Crippen LogP contribution in [0.3, 0.4) is 0 Å². The minimum Gasteiger partial charge on any atom is -0.484 e. The number of ether oxygens (including phenoxy) is 1. The van der Waals surface area contributed by atoms with Gasteiger partial charge >= 0.3 is 0 Å². The van der Waals surface area contributed by atoms with E-state index < -0.39 is 0 Å². The van der Waals surface area contributed by atoms with Gasteiger partial charge in [-0.2, -0.15) is 0 Å². The SMILES string of the molecule is O=C(COc1ccc(Br)cc1)Nc1ncc(Cc2ccc(Cl)cc2Cl)s1. The van der Waals surface area contributed by atoms with Crippen molar-refractivity contribution in [3.63, 3.8) is 0 Å². The molecule has 3 rings (SSSR count). The molecule has 4 nitrogen and oxygen atoms in total. The van der Waals surface area contributed by atoms with Crippen molar-refractivity contribution in [1.29, 1.82) is 0 Å². The lowest BCUT2D eigenvalue weighted by Crippen LogP contribution is -2.19. The average molecular weight is 472 g/mol. The number of hydrogen-bond acceptors (Lipinski definition) is 4. The number of aromatic nitrogens is 1. The van der Waals surface area contributed by atoms with Gasteiger partial charge in [0.15, 0.2) is 11.7 Å². The first-order valence-electron chi connectivity index (χ1n) is 7.56. The van der Waals surface area contributed by atoms with Crippen molar-refractivity contribution in [1.82, 2.24) is 4.98 Å². The Hall–Kier alpha value is -1.60. The van der Waals surface area contributed by atoms with Crippen molar-refractivity contribution >= 4 is 61.5 Å². The van der Waals surface area contributed by atoms with Gasteiger partial charge in [-0.3, -0.25) is 10.1 Å². The third-order valence-corrected chi connectivity index (χ3v) is 5.39. The van der Waals surface area contributed by atoms with E-state index in [0.717, 1.165) is 14.9 Å². The zero-order chi connectivity index (χ0) is 18.5. The number of rotatable bonds is 6. The molecular weight excluding hydrogens is 459 g/mol. The quantitative estimate of drug-likeness (QED) is 0.492. The van der Waals surface area contributed by atoms with Crippen LogP contribution >= 0.6 is 50.5 Å². The highest BCUT2D eigenvalue weighted by Crippen LogP contribution is 2.27. The predicted molar refractivity (Wildman–Crippen MR) is 110 cm³/mol. The molecule has 0 bridgehead atoms. The van der Waals surface area contributed by atoms with Crippen molar-refractivity contribution in [2.45, 2.75) is 6.42 Å². The Morgan fingerprint density at radius 2 is 1.96 bits per heavy atom. The van der Waals surface area contributed by atoms with Crippen LogP contribution in [0, 0.1) is 0 Å². The van der Waals surface area contributed by atoms with Crippen LogP contribution in [0.15, 0.2) is 53.1 Å². The third kappa shape index (κ3) is 5.45. The predicted octanol–water partition coefficient (Wildman–Crippen LogP) is 5.82. The van der Waals surface area contributed by atoms with E-state index in [0.29, 0.717) is 27.3 Å². The van der Waals surface area contributed by atoms with Crippen LogP contribution < -0.4 is 10.1 Å². The molecule has 8 heteroatoms. The van der Waals surface area contributed by atoms with Gasteiger partial charge in [-0.15, -0.1) is 11.3 Å². The number of nitrogens with zero attached hydrogens (tertiary/aromatic N) is 1. The summed E-state index contributed by atoms with van der Waals surface area (Å²) in [6.07, 6.45) is 2.35. The molecule has 0 aliphatic carbocycles. The number of carbonyl (C=O) groups is 1. The van der Waals surface area contributed by atoms with E-state index in [1.807, 2.05) is 18.2 Å². The highest BCUT2D eigenvalue weighted by Gasteiger charge is 2.10. The number of halogens is 3. The van der Waals surface area contributed by atoms with Crippen molar-refractivity contribution < 1.29 is 9.53 Å². The van der Waals surface area contributed by atoms with Crippen LogP contribution in [-0.4, -0.2) is 17.5 Å². The molecule has 0 unspecified atom stereocenters. The van der Waals surface area contributed by atoms with E-state index in [2.05, 4.69) is 26.2 Å². The van der Waals surface area contributed by atoms with Crippen molar-refractivity contribution in [3.8, 4) is 5.75 Å². The van der Waals surface area contributed by atoms with Gasteiger partial charge in [0.1, 0.15) is 5.75 Å². The normalized spacial score (nSPS) is 10.6. The molecule has 2 aromatic carbocycles. The molecule has 1 amide bonds. The van der Waals surface area contributed by atoms with Crippen LogP contribution in [0.1, 0.15) is 10.4 Å². The maximum atomic E-state index is 12.0. The summed E-state index contributed by atoms with van der Waals surface area (Å²) in [6, 6.07) is 12.7. The average Bonchev–Trinajstić information content (AvgIpc) is 3.04. The van der Waals surface area contributed by atoms with E-state index in [-0.39, 0.29) is 12.5 Å². The smallest absolute Gasteiger partial charge is 0.264 e. The maximum Gasteiger partial charge on any atom is 0.264 e. The summed E-state index contributed by atoms with van der Waals surface area (Å²) in [5, 5.41) is 4.47. The fourth-order valence-electron chi connectivity index (χ4n) is 2.13. The Morgan fingerprint density at radius 1 is 1.19 bits per heavy atom. The van der Waals surface area contributed by atoms with Crippen LogP contribution in [0.2, 0.25) is 10.0 Å². The highest BCUT2D eigenvalue weighted by molar-refractivity contribution is 9.10. The molecule has 0 saturated carbocycles. The van der Waals surface area contributed by atoms with Gasteiger partial charge in [0.25, 0.3) is 5.91 Å². The summed E-state index contributed by atoms with van der Waals surface area (Å²) >= 11 is 16.8. The Morgan fingerprint density at radius 3 is 2.69 bits per heavy atom. The Kier molecular flexibility index (Phi) is 6.53. The molecule has 0 radical (unpaired) electrons. The van der Waals surface area contributed by atoms with Crippen LogP contribution in [0.4, 0.5) is 5.13 Å². The first kappa shape index (κ1) is 19.2. The summed E-state index contributed by atoms with van der Waals surface area (Å²) in [6.45, 7) is -0.0838. The van der Waals surface area contributed by atoms with E-state index in [1.165, 1.54) is 11.3 Å². The van der Waals surface area contributed by atoms with E-state index >= 15 is 0 Å². The number of benzene rings is 2. The maximum absolute atomic E-state index is 12.0. The largest absolute Gasteiger partial charge is 0.484 e. The molecule has 0 spiro atoms. The second-order valence-corrected chi connectivity index (χ2v) is 8.21. The summed E-state index contributed by atoms with van der Waals surface area (Å²) in [5.74, 6) is 0.360. The van der Waals surface area contributed by atoms with E-state index in [4.69, 9.17) is 27.9 Å². The topological polar surface area (TPSA) is 51.2 Å². The lowest BCUT2D eigenvalue weighted by atomic mass is 10.1. The lowest BCUT2D eigenvalue weighted by Gasteiger charge is -2.05. The fourth-order valence-corrected chi connectivity index (χ4v) is 3.73. The summed E-state index contributed by atoms with van der Waals surface area (Å²) in [5.41, 5.74) is 0.955. The Bertz CT molecular complexity index is 916. The number of nitrogens with one attached hydrogen (secondary N) is 1. The zero-order valence-corrected chi connectivity index (χ0v) is 17.3. The van der Waals surface area contributed by atoms with Crippen molar-refractivity contribution in [2.75, 3.05) is 11.9 Å². The second-order valence-electron chi connectivity index (χ2n) is 5.34. The number of carbonyl (C=O) groups excluding carboxylic acids is 1. The monoisotopic (exact) mass is 470 g/mol. The molecule has 26 heavy (non-hydrogen) atoms. The first-order valence-corrected chi connectivity index (χ1v) is 9.93. The van der Waals surface area contributed by atoms with Gasteiger partial charge < -0.3 is 4.74 Å². The molecule has 3 aromatic rings. The molecule has 0 fully saturated rings. The molecule has 1 aromatic heterocycles. The minimum absolute atomic E-state index is 0.0838. The molecule has 0 atom stereocenters. The summed E-state index contributed by atoms with van der Waals surface area (Å²) < 4.78 is 6.39. The molecule has 1 N–H and O–H groups in total. The molecule has 0 aliphatic heterocycles. The molecule has 0 saturated heterocycles. The highest BCUT2D eigenvalue weighted by atomic mass is 79.9. The van der Waals surface area contributed by atoms with Gasteiger partial charge in [-0.1, -0.05) is 45.2 Å². The number of hydrogen-bond donors (Lipinski definition) is 1. The van der Waals surface area contributed by atoms with Gasteiger partial charge in [0.05, 0.1) is 0 Å². The Labute approximate surface area is 173 Å². The molecule has 0 aliphatic rings. The van der Waals surface area contributed by atoms with Gasteiger partial charge in [0.2, 0.25) is 0 Å². The summed E-state index contributed by atoms with van der Waals surface area (Å²) in [4.78, 5) is 17.2. The zero-order valence-electron chi connectivity index (χ0n) is 13.3. The number of anilines is 1. The molecule has 134 valence electrons. The van der Waals surface area contributed by atoms with Crippen LogP contribution in [0.5, 0.6) is 5.75 Å². The minimum atomic E-state index is -0.265. The van der Waals surface area contributed by atoms with Crippen LogP contribution in [-0.2, 0) is 11.2 Å². The second kappa shape index (κ2) is 8.86. The molecular formula is C18H13BrCl2N2O2S. The van der Waals surface area contributed by atoms with Crippen molar-refractivity contribution in [3.05, 3.63) is 73.6 Å². The van der Waals surface area contributed by atoms with Gasteiger partial charge in [0, 0.05) is 32.0 Å². The number of thiazole rings is 1. The van der Waals surface area contributed by atoms with E-state index in [9.17, 15) is 4.79 Å². The lowest BCUT2D eigenvalue weighted by molar-refractivity contribution is -0.118. The van der Waals surface area contributed by atoms with Crippen molar-refractivity contribution in [2.24, 2.45) is 0 Å². The van der Waals surface area contributed by atoms with E-state index in [1.54, 1.807) is 30.5 Å². The van der Waals surface area contributed by atoms with Crippen LogP contribution in [0.25, 0.3) is 0 Å². The third-order valence-electron chi connectivity index (χ3n) is 3.36. The van der Waals surface area contributed by atoms with Gasteiger partial charge in [-0.05, 0) is 42.0 Å².